The Hall–Kier alpha value is -5.41. The molecule has 0 unspecified atom stereocenters. The Morgan fingerprint density at radius 1 is 0.743 bits per heavy atom. The number of hydrogen-bond donors (Lipinski definition) is 4. The standard InChI is InChI=1S/C20H28F2N4O4.C16H20F2N4O4.C2HF3O2.CHCl3.CO2/c1-13(27)23-11-15-12-25(19(28)30-15)14-9-16(21)18(17(22)10-14)24-5-6-26(20(2,3)4)29-8-7-24;1-10(23)19-8-12-9-22(16(24)26-12)11-6-13(17)15(14(18)7-11)21-3-2-20-25-5-4-21;3-2(4,5)1(6)7;2-1(3)4;2-1-3/h9-10,15H,5-8,11-12H2,1-4H3,(H,23,27);6-7,12,20H,2-5,8-9H2,1H3,(H,19,23);(H,6,7);1H;/t15-;12-;;;/m00.../s1. The van der Waals surface area contributed by atoms with E-state index in [0.29, 0.717) is 52.5 Å². The molecule has 0 saturated carbocycles. The normalized spacial score (nSPS) is 18.4. The number of ether oxygens (including phenoxy) is 2. The van der Waals surface area contributed by atoms with Crippen molar-refractivity contribution in [3.05, 3.63) is 47.5 Å². The highest BCUT2D eigenvalue weighted by atomic mass is 35.6. The predicted octanol–water partition coefficient (Wildman–Crippen LogP) is 5.08. The lowest BCUT2D eigenvalue weighted by Gasteiger charge is -2.33. The second-order valence-electron chi connectivity index (χ2n) is 15.6. The number of carbonyl (C=O) groups excluding carboxylic acids is 6. The van der Waals surface area contributed by atoms with Crippen molar-refractivity contribution >= 4 is 93.7 Å². The molecular formula is C40H50Cl3F7N8O12. The highest BCUT2D eigenvalue weighted by Gasteiger charge is 2.39. The molecule has 2 aromatic carbocycles. The number of anilines is 4. The zero-order valence-electron chi connectivity index (χ0n) is 38.0. The third-order valence-electron chi connectivity index (χ3n) is 9.39. The van der Waals surface area contributed by atoms with Crippen molar-refractivity contribution in [2.24, 2.45) is 0 Å². The predicted molar refractivity (Wildman–Crippen MR) is 236 cm³/mol. The summed E-state index contributed by atoms with van der Waals surface area (Å²) in [5.41, 5.74) is 2.33. The van der Waals surface area contributed by atoms with E-state index in [1.54, 1.807) is 9.80 Å². The molecule has 6 rings (SSSR count). The van der Waals surface area contributed by atoms with Crippen LogP contribution < -0.4 is 35.7 Å². The number of hydroxylamine groups is 3. The van der Waals surface area contributed by atoms with Crippen LogP contribution in [-0.2, 0) is 43.1 Å². The number of benzene rings is 2. The summed E-state index contributed by atoms with van der Waals surface area (Å²) in [5, 5.41) is 14.0. The van der Waals surface area contributed by atoms with Gasteiger partial charge in [-0.1, -0.05) is 34.8 Å². The van der Waals surface area contributed by atoms with Crippen molar-refractivity contribution in [3.8, 4) is 0 Å². The molecule has 4 amide bonds. The van der Waals surface area contributed by atoms with Gasteiger partial charge < -0.3 is 35.0 Å². The maximum absolute atomic E-state index is 14.9. The summed E-state index contributed by atoms with van der Waals surface area (Å²) < 4.78 is 100. The van der Waals surface area contributed by atoms with Crippen molar-refractivity contribution in [1.29, 1.82) is 0 Å². The lowest BCUT2D eigenvalue weighted by atomic mass is 10.1. The van der Waals surface area contributed by atoms with E-state index in [1.165, 1.54) is 13.8 Å². The fraction of sp³-hybridized carbons (Fsp3) is 0.550. The summed E-state index contributed by atoms with van der Waals surface area (Å²) in [5.74, 6) is -6.30. The third-order valence-corrected chi connectivity index (χ3v) is 9.39. The Labute approximate surface area is 411 Å². The topological polar surface area (TPSA) is 229 Å². The molecule has 4 fully saturated rings. The van der Waals surface area contributed by atoms with E-state index in [4.69, 9.17) is 73.4 Å². The molecule has 4 N–H and O–H groups in total. The molecule has 4 heterocycles. The zero-order chi connectivity index (χ0) is 53.1. The molecule has 0 aromatic heterocycles. The summed E-state index contributed by atoms with van der Waals surface area (Å²) in [6.07, 6.45) is -7.41. The number of amides is 4. The molecule has 70 heavy (non-hydrogen) atoms. The van der Waals surface area contributed by atoms with E-state index < -0.39 is 64.1 Å². The molecule has 392 valence electrons. The first-order valence-corrected chi connectivity index (χ1v) is 21.8. The number of rotatable bonds is 8. The monoisotopic (exact) mass is 1070 g/mol. The van der Waals surface area contributed by atoms with E-state index in [2.05, 4.69) is 16.1 Å². The fourth-order valence-electron chi connectivity index (χ4n) is 6.43. The third kappa shape index (κ3) is 20.1. The SMILES string of the molecule is CC(=O)NC[C@H]1CN(c2cc(F)c(N3CCNOCC3)c(F)c2)C(=O)O1.CC(=O)NC[C@H]1CN(c2cc(F)c(N3CCON(C(C)(C)C)CC3)c(F)c2)C(=O)O1.ClC(Cl)Cl.O=C(O)C(F)(F)F.O=C=O. The van der Waals surface area contributed by atoms with Crippen LogP contribution in [0.25, 0.3) is 0 Å². The molecule has 0 aliphatic carbocycles. The number of carboxylic acids is 1. The Morgan fingerprint density at radius 3 is 1.47 bits per heavy atom. The average molecular weight is 1070 g/mol. The minimum Gasteiger partial charge on any atom is -0.475 e. The van der Waals surface area contributed by atoms with Gasteiger partial charge in [0.2, 0.25) is 11.8 Å². The molecule has 4 saturated heterocycles. The Morgan fingerprint density at radius 2 is 1.11 bits per heavy atom. The van der Waals surface area contributed by atoms with Crippen LogP contribution in [-0.4, -0.2) is 153 Å². The second-order valence-corrected chi connectivity index (χ2v) is 17.6. The first-order valence-electron chi connectivity index (χ1n) is 20.5. The van der Waals surface area contributed by atoms with Crippen LogP contribution >= 0.6 is 34.8 Å². The van der Waals surface area contributed by atoms with Gasteiger partial charge >= 0.3 is 30.5 Å². The maximum Gasteiger partial charge on any atom is 0.490 e. The first kappa shape index (κ1) is 60.7. The van der Waals surface area contributed by atoms with E-state index in [0.717, 1.165) is 34.1 Å². The van der Waals surface area contributed by atoms with Gasteiger partial charge in [0.25, 0.3) is 0 Å². The van der Waals surface area contributed by atoms with Crippen LogP contribution in [0.15, 0.2) is 24.3 Å². The summed E-state index contributed by atoms with van der Waals surface area (Å²) in [4.78, 5) is 87.5. The Bertz CT molecular complexity index is 2090. The minimum absolute atomic E-state index is 0.0725. The van der Waals surface area contributed by atoms with Gasteiger partial charge in [0.15, 0.2) is 27.6 Å². The van der Waals surface area contributed by atoms with Crippen molar-refractivity contribution in [2.45, 2.75) is 62.8 Å². The Balaban J connectivity index is 0.000000380. The summed E-state index contributed by atoms with van der Waals surface area (Å²) in [7, 11) is 0. The van der Waals surface area contributed by atoms with Gasteiger partial charge in [-0.3, -0.25) is 29.1 Å². The summed E-state index contributed by atoms with van der Waals surface area (Å²) >= 11 is 14.4. The van der Waals surface area contributed by atoms with Gasteiger partial charge in [0.05, 0.1) is 50.8 Å². The van der Waals surface area contributed by atoms with E-state index in [-0.39, 0.29) is 72.4 Å². The lowest BCUT2D eigenvalue weighted by Crippen LogP contribution is -2.42. The van der Waals surface area contributed by atoms with Crippen LogP contribution in [0.2, 0.25) is 0 Å². The lowest BCUT2D eigenvalue weighted by molar-refractivity contribution is -0.199. The van der Waals surface area contributed by atoms with Gasteiger partial charge in [0.1, 0.15) is 23.6 Å². The molecule has 0 radical (unpaired) electrons. The molecular weight excluding hydrogens is 1020 g/mol. The largest absolute Gasteiger partial charge is 0.490 e. The summed E-state index contributed by atoms with van der Waals surface area (Å²) in [6.45, 7) is 12.2. The number of nitrogens with one attached hydrogen (secondary N) is 3. The second kappa shape index (κ2) is 28.4. The van der Waals surface area contributed by atoms with Crippen LogP contribution in [0.3, 0.4) is 0 Å². The van der Waals surface area contributed by atoms with E-state index in [9.17, 15) is 49.9 Å². The van der Waals surface area contributed by atoms with Crippen LogP contribution in [0.1, 0.15) is 34.6 Å². The van der Waals surface area contributed by atoms with Crippen molar-refractivity contribution in [3.63, 3.8) is 0 Å². The number of nitrogens with zero attached hydrogens (tertiary/aromatic N) is 5. The van der Waals surface area contributed by atoms with Gasteiger partial charge in [-0.25, -0.2) is 37.4 Å². The number of carbonyl (C=O) groups is 5. The molecule has 2 aromatic rings. The van der Waals surface area contributed by atoms with Crippen molar-refractivity contribution in [1.82, 2.24) is 21.2 Å². The highest BCUT2D eigenvalue weighted by molar-refractivity contribution is 6.63. The number of alkyl halides is 6. The maximum atomic E-state index is 14.9. The fourth-order valence-corrected chi connectivity index (χ4v) is 6.43. The van der Waals surface area contributed by atoms with Crippen LogP contribution in [0.5, 0.6) is 0 Å². The van der Waals surface area contributed by atoms with Crippen LogP contribution in [0.4, 0.5) is 63.1 Å². The van der Waals surface area contributed by atoms with E-state index in [1.807, 2.05) is 25.8 Å². The van der Waals surface area contributed by atoms with Gasteiger partial charge in [-0.15, -0.1) is 0 Å². The van der Waals surface area contributed by atoms with Gasteiger partial charge in [0, 0.05) is 82.9 Å². The van der Waals surface area contributed by atoms with E-state index >= 15 is 0 Å². The number of cyclic esters (lactones) is 2. The quantitative estimate of drug-likeness (QED) is 0.200. The number of halogens is 10. The average Bonchev–Trinajstić information content (AvgIpc) is 3.54. The minimum atomic E-state index is -5.08. The van der Waals surface area contributed by atoms with Gasteiger partial charge in [-0.2, -0.15) is 27.8 Å². The molecule has 4 aliphatic rings. The zero-order valence-corrected chi connectivity index (χ0v) is 40.2. The number of hydrogen-bond acceptors (Lipinski definition) is 15. The number of aliphatic carboxylic acids is 1. The smallest absolute Gasteiger partial charge is 0.475 e. The molecule has 20 nitrogen and oxygen atoms in total. The molecule has 0 bridgehead atoms. The summed E-state index contributed by atoms with van der Waals surface area (Å²) in [6, 6.07) is 4.49. The molecule has 0 spiro atoms. The first-order chi connectivity index (χ1) is 32.6. The van der Waals surface area contributed by atoms with Crippen molar-refractivity contribution < 1.29 is 88.6 Å². The Kier molecular flexibility index (Phi) is 24.7. The molecule has 2 atom stereocenters. The van der Waals surface area contributed by atoms with Gasteiger partial charge in [-0.05, 0) is 20.8 Å². The highest BCUT2D eigenvalue weighted by Crippen LogP contribution is 2.33. The molecule has 30 heteroatoms. The van der Waals surface area contributed by atoms with Crippen molar-refractivity contribution in [2.75, 3.05) is 98.3 Å². The van der Waals surface area contributed by atoms with Crippen LogP contribution in [0, 0.1) is 23.3 Å². The molecule has 4 aliphatic heterocycles. The number of carboxylic acid groups (broad SMARTS) is 1.